The molecule has 3 rings (SSSR count). The zero-order chi connectivity index (χ0) is 11.1. The molecule has 0 aromatic heterocycles. The summed E-state index contributed by atoms with van der Waals surface area (Å²) in [5, 5.41) is 4.84. The molecule has 2 N–H and O–H groups in total. The van der Waals surface area contributed by atoms with E-state index < -0.39 is 0 Å². The molecule has 78 valence electrons. The van der Waals surface area contributed by atoms with Crippen LogP contribution < -0.4 is 5.73 Å². The van der Waals surface area contributed by atoms with Crippen LogP contribution in [0.2, 0.25) is 0 Å². The van der Waals surface area contributed by atoms with Gasteiger partial charge in [0, 0.05) is 10.2 Å². The minimum atomic E-state index is 0.795. The molecule has 0 amide bonds. The largest absolute Gasteiger partial charge is 0.399 e. The Morgan fingerprint density at radius 2 is 1.56 bits per heavy atom. The summed E-state index contributed by atoms with van der Waals surface area (Å²) in [7, 11) is 0. The van der Waals surface area contributed by atoms with E-state index in [1.165, 1.54) is 21.5 Å². The second-order valence-electron chi connectivity index (χ2n) is 3.89. The first-order valence-corrected chi connectivity index (χ1v) is 5.91. The number of hydrogen-bond donors (Lipinski definition) is 1. The maximum Gasteiger partial charge on any atom is 0.0332 e. The third-order valence-electron chi connectivity index (χ3n) is 2.82. The van der Waals surface area contributed by atoms with Crippen molar-refractivity contribution >= 4 is 43.2 Å². The van der Waals surface area contributed by atoms with Crippen molar-refractivity contribution in [3.8, 4) is 0 Å². The molecular weight excluding hydrogens is 262 g/mol. The first-order valence-electron chi connectivity index (χ1n) is 5.12. The van der Waals surface area contributed by atoms with Crippen LogP contribution in [0.25, 0.3) is 21.5 Å². The van der Waals surface area contributed by atoms with Crippen molar-refractivity contribution in [2.45, 2.75) is 0 Å². The van der Waals surface area contributed by atoms with Gasteiger partial charge in [-0.05, 0) is 55.7 Å². The molecule has 0 saturated carbocycles. The Morgan fingerprint density at radius 1 is 0.812 bits per heavy atom. The Hall–Kier alpha value is -1.54. The molecule has 0 fully saturated rings. The third-order valence-corrected chi connectivity index (χ3v) is 3.68. The molecule has 0 unspecified atom stereocenters. The molecule has 3 aromatic carbocycles. The minimum Gasteiger partial charge on any atom is -0.399 e. The van der Waals surface area contributed by atoms with Crippen LogP contribution in [0.15, 0.2) is 53.0 Å². The van der Waals surface area contributed by atoms with Crippen LogP contribution in [0.4, 0.5) is 5.69 Å². The molecule has 0 radical (unpaired) electrons. The Morgan fingerprint density at radius 3 is 2.44 bits per heavy atom. The summed E-state index contributed by atoms with van der Waals surface area (Å²) in [6.07, 6.45) is 0. The number of anilines is 1. The highest BCUT2D eigenvalue weighted by molar-refractivity contribution is 9.10. The lowest BCUT2D eigenvalue weighted by molar-refractivity contribution is 1.72. The van der Waals surface area contributed by atoms with Crippen molar-refractivity contribution in [2.24, 2.45) is 0 Å². The number of hydrogen-bond acceptors (Lipinski definition) is 1. The lowest BCUT2D eigenvalue weighted by Gasteiger charge is -2.06. The summed E-state index contributed by atoms with van der Waals surface area (Å²) in [5.74, 6) is 0. The second kappa shape index (κ2) is 3.49. The second-order valence-corrected chi connectivity index (χ2v) is 4.69. The van der Waals surface area contributed by atoms with E-state index in [1.54, 1.807) is 0 Å². The maximum atomic E-state index is 5.82. The molecular formula is C14H10BrN. The molecule has 0 spiro atoms. The van der Waals surface area contributed by atoms with Gasteiger partial charge in [0.1, 0.15) is 0 Å². The van der Waals surface area contributed by atoms with Crippen LogP contribution in [0.3, 0.4) is 0 Å². The number of fused-ring (bicyclic) bond motifs is 2. The molecule has 0 atom stereocenters. The number of nitrogens with two attached hydrogens (primary N) is 1. The number of halogens is 1. The van der Waals surface area contributed by atoms with E-state index in [4.69, 9.17) is 5.73 Å². The molecule has 3 aromatic rings. The van der Waals surface area contributed by atoms with E-state index in [-0.39, 0.29) is 0 Å². The highest BCUT2D eigenvalue weighted by atomic mass is 79.9. The van der Waals surface area contributed by atoms with E-state index in [0.717, 1.165) is 10.2 Å². The Labute approximate surface area is 102 Å². The van der Waals surface area contributed by atoms with Gasteiger partial charge in [0.2, 0.25) is 0 Å². The van der Waals surface area contributed by atoms with Crippen molar-refractivity contribution < 1.29 is 0 Å². The molecule has 0 bridgehead atoms. The third kappa shape index (κ3) is 1.38. The minimum absolute atomic E-state index is 0.795. The molecule has 16 heavy (non-hydrogen) atoms. The maximum absolute atomic E-state index is 5.82. The van der Waals surface area contributed by atoms with Crippen molar-refractivity contribution in [1.29, 1.82) is 0 Å². The van der Waals surface area contributed by atoms with Crippen LogP contribution in [-0.4, -0.2) is 0 Å². The van der Waals surface area contributed by atoms with E-state index in [1.807, 2.05) is 18.2 Å². The van der Waals surface area contributed by atoms with Gasteiger partial charge in [-0.25, -0.2) is 0 Å². The molecule has 0 heterocycles. The van der Waals surface area contributed by atoms with E-state index >= 15 is 0 Å². The summed E-state index contributed by atoms with van der Waals surface area (Å²) in [6, 6.07) is 16.5. The Bertz CT molecular complexity index is 689. The van der Waals surface area contributed by atoms with Gasteiger partial charge < -0.3 is 5.73 Å². The highest BCUT2D eigenvalue weighted by Gasteiger charge is 2.04. The van der Waals surface area contributed by atoms with Gasteiger partial charge in [-0.15, -0.1) is 0 Å². The van der Waals surface area contributed by atoms with Gasteiger partial charge >= 0.3 is 0 Å². The summed E-state index contributed by atoms with van der Waals surface area (Å²) < 4.78 is 1.12. The standard InChI is InChI=1S/C14H10BrN/c15-14-12-4-2-1-3-9(12)7-10-5-6-11(16)8-13(10)14/h1-8H,16H2. The molecule has 0 aliphatic carbocycles. The predicted octanol–water partition coefficient (Wildman–Crippen LogP) is 4.34. The van der Waals surface area contributed by atoms with Crippen LogP contribution in [0.5, 0.6) is 0 Å². The zero-order valence-corrected chi connectivity index (χ0v) is 10.2. The Kier molecular flexibility index (Phi) is 2.11. The summed E-state index contributed by atoms with van der Waals surface area (Å²) in [5.41, 5.74) is 6.61. The number of benzene rings is 3. The summed E-state index contributed by atoms with van der Waals surface area (Å²) >= 11 is 3.66. The number of nitrogen functional groups attached to an aromatic ring is 1. The topological polar surface area (TPSA) is 26.0 Å². The summed E-state index contributed by atoms with van der Waals surface area (Å²) in [6.45, 7) is 0. The molecule has 0 saturated heterocycles. The fourth-order valence-corrected chi connectivity index (χ4v) is 2.73. The molecule has 0 aliphatic heterocycles. The van der Waals surface area contributed by atoms with Gasteiger partial charge in [0.05, 0.1) is 0 Å². The van der Waals surface area contributed by atoms with Crippen molar-refractivity contribution in [1.82, 2.24) is 0 Å². The van der Waals surface area contributed by atoms with Gasteiger partial charge in [-0.3, -0.25) is 0 Å². The van der Waals surface area contributed by atoms with Crippen LogP contribution in [0.1, 0.15) is 0 Å². The van der Waals surface area contributed by atoms with E-state index in [0.29, 0.717) is 0 Å². The predicted molar refractivity (Wildman–Crippen MR) is 73.6 cm³/mol. The van der Waals surface area contributed by atoms with E-state index in [2.05, 4.69) is 46.3 Å². The SMILES string of the molecule is Nc1ccc2cc3ccccc3c(Br)c2c1. The van der Waals surface area contributed by atoms with E-state index in [9.17, 15) is 0 Å². The van der Waals surface area contributed by atoms with Crippen LogP contribution in [-0.2, 0) is 0 Å². The van der Waals surface area contributed by atoms with Crippen molar-refractivity contribution in [2.75, 3.05) is 5.73 Å². The zero-order valence-electron chi connectivity index (χ0n) is 8.57. The van der Waals surface area contributed by atoms with Gasteiger partial charge in [0.15, 0.2) is 0 Å². The fourth-order valence-electron chi connectivity index (χ4n) is 2.03. The molecule has 0 aliphatic rings. The van der Waals surface area contributed by atoms with Gasteiger partial charge in [0.25, 0.3) is 0 Å². The number of rotatable bonds is 0. The van der Waals surface area contributed by atoms with Crippen molar-refractivity contribution in [3.63, 3.8) is 0 Å². The fraction of sp³-hybridized carbons (Fsp3) is 0. The molecule has 1 nitrogen and oxygen atoms in total. The van der Waals surface area contributed by atoms with Gasteiger partial charge in [-0.1, -0.05) is 30.3 Å². The monoisotopic (exact) mass is 271 g/mol. The Balaban J connectivity index is 2.56. The quantitative estimate of drug-likeness (QED) is 0.478. The average molecular weight is 272 g/mol. The van der Waals surface area contributed by atoms with Crippen LogP contribution in [0, 0.1) is 0 Å². The first-order chi connectivity index (χ1) is 7.75. The molecule has 2 heteroatoms. The smallest absolute Gasteiger partial charge is 0.0332 e. The first kappa shape index (κ1) is 9.67. The highest BCUT2D eigenvalue weighted by Crippen LogP contribution is 2.33. The van der Waals surface area contributed by atoms with Gasteiger partial charge in [-0.2, -0.15) is 0 Å². The summed E-state index contributed by atoms with van der Waals surface area (Å²) in [4.78, 5) is 0. The van der Waals surface area contributed by atoms with Crippen LogP contribution >= 0.6 is 15.9 Å². The normalized spacial score (nSPS) is 11.1. The average Bonchev–Trinajstić information content (AvgIpc) is 2.31. The van der Waals surface area contributed by atoms with Crippen molar-refractivity contribution in [3.05, 3.63) is 53.0 Å². The lowest BCUT2D eigenvalue weighted by Crippen LogP contribution is -1.85. The lowest BCUT2D eigenvalue weighted by atomic mass is 10.0.